The average molecular weight is 389 g/mol. The lowest BCUT2D eigenvalue weighted by atomic mass is 10.0. The minimum Gasteiger partial charge on any atom is -0.320 e. The van der Waals surface area contributed by atoms with Crippen LogP contribution in [-0.2, 0) is 19.1 Å². The molecule has 1 aliphatic rings. The molecule has 2 amide bonds. The van der Waals surface area contributed by atoms with E-state index in [4.69, 9.17) is 23.2 Å². The van der Waals surface area contributed by atoms with Gasteiger partial charge in [-0.2, -0.15) is 13.2 Å². The number of amides is 2. The van der Waals surface area contributed by atoms with Gasteiger partial charge in [0.05, 0.1) is 10.6 Å². The van der Waals surface area contributed by atoms with Crippen LogP contribution in [0.2, 0.25) is 10.0 Å². The Morgan fingerprint density at radius 2 is 1.84 bits per heavy atom. The quantitative estimate of drug-likeness (QED) is 0.677. The fourth-order valence-corrected chi connectivity index (χ4v) is 3.20. The van der Waals surface area contributed by atoms with Gasteiger partial charge in [-0.25, -0.2) is 4.79 Å². The van der Waals surface area contributed by atoms with Crippen LogP contribution in [0.15, 0.2) is 36.4 Å². The van der Waals surface area contributed by atoms with E-state index in [1.54, 1.807) is 11.0 Å². The van der Waals surface area contributed by atoms with E-state index in [-0.39, 0.29) is 5.69 Å². The Labute approximate surface area is 152 Å². The van der Waals surface area contributed by atoms with Gasteiger partial charge in [-0.1, -0.05) is 29.3 Å². The number of carbonyl (C=O) groups excluding carboxylic acids is 1. The molecule has 0 aromatic heterocycles. The molecule has 0 bridgehead atoms. The van der Waals surface area contributed by atoms with E-state index in [2.05, 4.69) is 5.32 Å². The number of carbonyl (C=O) groups is 1. The second-order valence-electron chi connectivity index (χ2n) is 5.71. The molecule has 2 aromatic rings. The molecular weight excluding hydrogens is 376 g/mol. The number of rotatable bonds is 1. The van der Waals surface area contributed by atoms with Gasteiger partial charge < -0.3 is 10.2 Å². The molecule has 25 heavy (non-hydrogen) atoms. The summed E-state index contributed by atoms with van der Waals surface area (Å²) < 4.78 is 38.1. The van der Waals surface area contributed by atoms with E-state index in [0.717, 1.165) is 23.3 Å². The maximum atomic E-state index is 12.7. The maximum absolute atomic E-state index is 12.7. The van der Waals surface area contributed by atoms with Crippen molar-refractivity contribution in [2.45, 2.75) is 19.1 Å². The molecule has 1 heterocycles. The summed E-state index contributed by atoms with van der Waals surface area (Å²) in [6, 6.07) is 8.25. The van der Waals surface area contributed by atoms with Crippen molar-refractivity contribution < 1.29 is 18.0 Å². The molecule has 1 N–H and O–H groups in total. The third-order valence-corrected chi connectivity index (χ3v) is 4.54. The van der Waals surface area contributed by atoms with E-state index in [0.29, 0.717) is 24.5 Å². The van der Waals surface area contributed by atoms with Crippen molar-refractivity contribution in [1.29, 1.82) is 0 Å². The van der Waals surface area contributed by atoms with Gasteiger partial charge in [0.25, 0.3) is 0 Å². The Kier molecular flexibility index (Phi) is 4.84. The molecule has 0 saturated carbocycles. The lowest BCUT2D eigenvalue weighted by Crippen LogP contribution is -2.38. The highest BCUT2D eigenvalue weighted by molar-refractivity contribution is 6.31. The SMILES string of the molecule is O=C(Nc1ccc(C(F)(F)F)c(Cl)c1)N1CCc2cc(Cl)ccc2C1. The molecule has 1 aliphatic heterocycles. The highest BCUT2D eigenvalue weighted by Gasteiger charge is 2.33. The van der Waals surface area contributed by atoms with E-state index in [1.807, 2.05) is 12.1 Å². The lowest BCUT2D eigenvalue weighted by Gasteiger charge is -2.29. The van der Waals surface area contributed by atoms with E-state index < -0.39 is 22.8 Å². The summed E-state index contributed by atoms with van der Waals surface area (Å²) in [5.74, 6) is 0. The second kappa shape index (κ2) is 6.77. The van der Waals surface area contributed by atoms with Crippen molar-refractivity contribution in [3.63, 3.8) is 0 Å². The zero-order chi connectivity index (χ0) is 18.2. The molecule has 0 atom stereocenters. The number of hydrogen-bond acceptors (Lipinski definition) is 1. The number of fused-ring (bicyclic) bond motifs is 1. The van der Waals surface area contributed by atoms with Gasteiger partial charge in [-0.3, -0.25) is 0 Å². The number of hydrogen-bond donors (Lipinski definition) is 1. The summed E-state index contributed by atoms with van der Waals surface area (Å²) in [5.41, 5.74) is 1.37. The minimum absolute atomic E-state index is 0.213. The summed E-state index contributed by atoms with van der Waals surface area (Å²) >= 11 is 11.6. The maximum Gasteiger partial charge on any atom is 0.417 e. The summed E-state index contributed by atoms with van der Waals surface area (Å²) in [4.78, 5) is 13.9. The summed E-state index contributed by atoms with van der Waals surface area (Å²) in [7, 11) is 0. The summed E-state index contributed by atoms with van der Waals surface area (Å²) in [5, 5.41) is 2.78. The van der Waals surface area contributed by atoms with Crippen molar-refractivity contribution in [1.82, 2.24) is 4.90 Å². The first-order valence-corrected chi connectivity index (χ1v) is 8.19. The fraction of sp³-hybridized carbons (Fsp3) is 0.235. The highest BCUT2D eigenvalue weighted by Crippen LogP contribution is 2.36. The molecule has 0 fully saturated rings. The number of alkyl halides is 3. The molecule has 3 rings (SSSR count). The first-order chi connectivity index (χ1) is 11.7. The van der Waals surface area contributed by atoms with E-state index in [1.165, 1.54) is 6.07 Å². The first-order valence-electron chi connectivity index (χ1n) is 7.44. The van der Waals surface area contributed by atoms with E-state index in [9.17, 15) is 18.0 Å². The van der Waals surface area contributed by atoms with Gasteiger partial charge >= 0.3 is 12.2 Å². The van der Waals surface area contributed by atoms with E-state index >= 15 is 0 Å². The van der Waals surface area contributed by atoms with Gasteiger partial charge in [0.15, 0.2) is 0 Å². The Bertz CT molecular complexity index is 824. The van der Waals surface area contributed by atoms with Gasteiger partial charge in [0.1, 0.15) is 0 Å². The van der Waals surface area contributed by atoms with Crippen LogP contribution >= 0.6 is 23.2 Å². The standard InChI is InChI=1S/C17H13Cl2F3N2O/c18-12-2-1-11-9-24(6-5-10(11)7-12)16(25)23-13-3-4-14(15(19)8-13)17(20,21)22/h1-4,7-8H,5-6,9H2,(H,23,25). The normalized spacial score (nSPS) is 14.2. The molecule has 8 heteroatoms. The van der Waals surface area contributed by atoms with Crippen LogP contribution in [0.5, 0.6) is 0 Å². The van der Waals surface area contributed by atoms with Gasteiger partial charge in [0, 0.05) is 23.8 Å². The van der Waals surface area contributed by atoms with Crippen molar-refractivity contribution in [3.8, 4) is 0 Å². The highest BCUT2D eigenvalue weighted by atomic mass is 35.5. The third-order valence-electron chi connectivity index (χ3n) is 3.99. The molecule has 132 valence electrons. The monoisotopic (exact) mass is 388 g/mol. The number of benzene rings is 2. The summed E-state index contributed by atoms with van der Waals surface area (Å²) in [6.45, 7) is 0.903. The average Bonchev–Trinajstić information content (AvgIpc) is 2.53. The Morgan fingerprint density at radius 3 is 2.52 bits per heavy atom. The zero-order valence-corrected chi connectivity index (χ0v) is 14.3. The third kappa shape index (κ3) is 4.02. The molecule has 0 unspecified atom stereocenters. The number of nitrogens with one attached hydrogen (secondary N) is 1. The van der Waals surface area contributed by atoms with Crippen molar-refractivity contribution in [2.75, 3.05) is 11.9 Å². The smallest absolute Gasteiger partial charge is 0.320 e. The van der Waals surface area contributed by atoms with Crippen LogP contribution in [0.4, 0.5) is 23.7 Å². The van der Waals surface area contributed by atoms with Gasteiger partial charge in [-0.05, 0) is 47.9 Å². The molecule has 0 aliphatic carbocycles. The molecule has 3 nitrogen and oxygen atoms in total. The molecule has 2 aromatic carbocycles. The number of anilines is 1. The first kappa shape index (κ1) is 17.9. The van der Waals surface area contributed by atoms with Crippen LogP contribution in [0.25, 0.3) is 0 Å². The molecular formula is C17H13Cl2F3N2O. The number of urea groups is 1. The molecule has 0 saturated heterocycles. The Hall–Kier alpha value is -1.92. The minimum atomic E-state index is -4.53. The van der Waals surface area contributed by atoms with Crippen LogP contribution in [0.3, 0.4) is 0 Å². The topological polar surface area (TPSA) is 32.3 Å². The lowest BCUT2D eigenvalue weighted by molar-refractivity contribution is -0.137. The van der Waals surface area contributed by atoms with Crippen molar-refractivity contribution in [2.24, 2.45) is 0 Å². The second-order valence-corrected chi connectivity index (χ2v) is 6.55. The predicted octanol–water partition coefficient (Wildman–Crippen LogP) is 5.60. The van der Waals surface area contributed by atoms with Gasteiger partial charge in [0.2, 0.25) is 0 Å². The fourth-order valence-electron chi connectivity index (χ4n) is 2.72. The molecule has 0 spiro atoms. The zero-order valence-electron chi connectivity index (χ0n) is 12.8. The van der Waals surface area contributed by atoms with Crippen molar-refractivity contribution >= 4 is 34.9 Å². The van der Waals surface area contributed by atoms with Crippen LogP contribution in [0.1, 0.15) is 16.7 Å². The van der Waals surface area contributed by atoms with Crippen LogP contribution < -0.4 is 5.32 Å². The number of nitrogens with zero attached hydrogens (tertiary/aromatic N) is 1. The molecule has 0 radical (unpaired) electrons. The van der Waals surface area contributed by atoms with Crippen LogP contribution in [-0.4, -0.2) is 17.5 Å². The van der Waals surface area contributed by atoms with Gasteiger partial charge in [-0.15, -0.1) is 0 Å². The van der Waals surface area contributed by atoms with Crippen molar-refractivity contribution in [3.05, 3.63) is 63.1 Å². The van der Waals surface area contributed by atoms with Crippen LogP contribution in [0, 0.1) is 0 Å². The Morgan fingerprint density at radius 1 is 1.08 bits per heavy atom. The predicted molar refractivity (Wildman–Crippen MR) is 91.0 cm³/mol. The Balaban J connectivity index is 1.71. The number of halogens is 5. The summed E-state index contributed by atoms with van der Waals surface area (Å²) in [6.07, 6.45) is -3.87. The largest absolute Gasteiger partial charge is 0.417 e.